The van der Waals surface area contributed by atoms with Gasteiger partial charge in [0.05, 0.1) is 12.6 Å². The lowest BCUT2D eigenvalue weighted by Gasteiger charge is -2.28. The van der Waals surface area contributed by atoms with Crippen LogP contribution in [-0.4, -0.2) is 41.0 Å². The van der Waals surface area contributed by atoms with Crippen molar-refractivity contribution in [2.45, 2.75) is 59.3 Å². The minimum Gasteiger partial charge on any atom is -0.467 e. The van der Waals surface area contributed by atoms with Gasteiger partial charge < -0.3 is 10.1 Å². The molecule has 0 saturated heterocycles. The summed E-state index contributed by atoms with van der Waals surface area (Å²) in [4.78, 5) is 25.0. The van der Waals surface area contributed by atoms with E-state index in [1.54, 1.807) is 17.7 Å². The standard InChI is InChI=1S/C20H28FN3O3/c1-6-13(21)11-12-24-15-10-8-7-9-14(15)16(23-24)18(25)22-17(19(26)27-5)20(2,3)4/h7-10,13,17H,6,11-12H2,1-5H3,(H,22,25)/t13?,17-/m1/s1. The number of aryl methyl sites for hydroxylation is 1. The summed E-state index contributed by atoms with van der Waals surface area (Å²) in [7, 11) is 1.29. The molecule has 1 unspecified atom stereocenters. The molecule has 0 spiro atoms. The Kier molecular flexibility index (Phi) is 6.57. The first-order valence-corrected chi connectivity index (χ1v) is 9.17. The number of hydrogen-bond donors (Lipinski definition) is 1. The second kappa shape index (κ2) is 8.50. The number of carbonyl (C=O) groups is 2. The van der Waals surface area contributed by atoms with Crippen LogP contribution < -0.4 is 5.32 Å². The SMILES string of the molecule is CCC(F)CCn1nc(C(=O)N[C@H](C(=O)OC)C(C)(C)C)c2ccccc21. The van der Waals surface area contributed by atoms with Gasteiger partial charge in [-0.2, -0.15) is 5.10 Å². The van der Waals surface area contributed by atoms with Gasteiger partial charge in [-0.1, -0.05) is 45.9 Å². The van der Waals surface area contributed by atoms with E-state index in [9.17, 15) is 14.0 Å². The van der Waals surface area contributed by atoms with Crippen LogP contribution in [0.4, 0.5) is 4.39 Å². The van der Waals surface area contributed by atoms with Crippen molar-refractivity contribution < 1.29 is 18.7 Å². The van der Waals surface area contributed by atoms with Gasteiger partial charge in [-0.15, -0.1) is 0 Å². The van der Waals surface area contributed by atoms with E-state index < -0.39 is 29.5 Å². The Morgan fingerprint density at radius 1 is 1.30 bits per heavy atom. The summed E-state index contributed by atoms with van der Waals surface area (Å²) in [6.45, 7) is 7.71. The Morgan fingerprint density at radius 3 is 2.56 bits per heavy atom. The number of methoxy groups -OCH3 is 1. The van der Waals surface area contributed by atoms with Crippen LogP contribution in [0, 0.1) is 5.41 Å². The minimum absolute atomic E-state index is 0.218. The molecule has 0 fully saturated rings. The third-order valence-electron chi connectivity index (χ3n) is 4.55. The first kappa shape index (κ1) is 20.9. The summed E-state index contributed by atoms with van der Waals surface area (Å²) < 4.78 is 20.1. The van der Waals surface area contributed by atoms with E-state index in [2.05, 4.69) is 10.4 Å². The Morgan fingerprint density at radius 2 is 1.96 bits per heavy atom. The number of fused-ring (bicyclic) bond motifs is 1. The number of nitrogens with zero attached hydrogens (tertiary/aromatic N) is 2. The molecule has 1 N–H and O–H groups in total. The van der Waals surface area contributed by atoms with Gasteiger partial charge in [0, 0.05) is 11.9 Å². The van der Waals surface area contributed by atoms with Gasteiger partial charge in [0.2, 0.25) is 0 Å². The van der Waals surface area contributed by atoms with E-state index in [4.69, 9.17) is 4.74 Å². The predicted octanol–water partition coefficient (Wildman–Crippen LogP) is 3.49. The summed E-state index contributed by atoms with van der Waals surface area (Å²) in [5, 5.41) is 7.81. The quantitative estimate of drug-likeness (QED) is 0.750. The van der Waals surface area contributed by atoms with E-state index in [0.717, 1.165) is 5.52 Å². The molecule has 148 valence electrons. The fourth-order valence-corrected chi connectivity index (χ4v) is 2.88. The van der Waals surface area contributed by atoms with Gasteiger partial charge in [0.1, 0.15) is 12.2 Å². The van der Waals surface area contributed by atoms with Crippen molar-refractivity contribution in [2.24, 2.45) is 5.41 Å². The van der Waals surface area contributed by atoms with Crippen LogP contribution >= 0.6 is 0 Å². The van der Waals surface area contributed by atoms with Crippen molar-refractivity contribution >= 4 is 22.8 Å². The van der Waals surface area contributed by atoms with E-state index >= 15 is 0 Å². The summed E-state index contributed by atoms with van der Waals surface area (Å²) >= 11 is 0. The Hall–Kier alpha value is -2.44. The van der Waals surface area contributed by atoms with Crippen LogP contribution in [0.5, 0.6) is 0 Å². The average molecular weight is 377 g/mol. The molecule has 0 aliphatic heterocycles. The molecule has 0 aliphatic rings. The molecule has 1 aromatic heterocycles. The molecule has 2 atom stereocenters. The van der Waals surface area contributed by atoms with Gasteiger partial charge >= 0.3 is 5.97 Å². The third-order valence-corrected chi connectivity index (χ3v) is 4.55. The van der Waals surface area contributed by atoms with Crippen molar-refractivity contribution in [3.05, 3.63) is 30.0 Å². The maximum absolute atomic E-state index is 13.6. The maximum Gasteiger partial charge on any atom is 0.328 e. The first-order chi connectivity index (χ1) is 12.7. The molecule has 7 heteroatoms. The Balaban J connectivity index is 2.34. The number of alkyl halides is 1. The number of amides is 1. The number of aromatic nitrogens is 2. The normalized spacial score (nSPS) is 14.0. The van der Waals surface area contributed by atoms with E-state index in [1.807, 2.05) is 39.0 Å². The predicted molar refractivity (Wildman–Crippen MR) is 102 cm³/mol. The molecule has 27 heavy (non-hydrogen) atoms. The number of para-hydroxylation sites is 1. The highest BCUT2D eigenvalue weighted by atomic mass is 19.1. The monoisotopic (exact) mass is 377 g/mol. The number of halogens is 1. The molecule has 0 saturated carbocycles. The first-order valence-electron chi connectivity index (χ1n) is 9.17. The van der Waals surface area contributed by atoms with E-state index in [0.29, 0.717) is 24.8 Å². The van der Waals surface area contributed by atoms with Crippen LogP contribution in [0.25, 0.3) is 10.9 Å². The lowest BCUT2D eigenvalue weighted by Crippen LogP contribution is -2.49. The molecule has 0 aliphatic carbocycles. The Labute approximate surface area is 159 Å². The largest absolute Gasteiger partial charge is 0.467 e. The zero-order valence-electron chi connectivity index (χ0n) is 16.6. The molecule has 6 nitrogen and oxygen atoms in total. The summed E-state index contributed by atoms with van der Waals surface area (Å²) in [5.74, 6) is -0.967. The minimum atomic E-state index is -0.908. The van der Waals surface area contributed by atoms with Crippen LogP contribution in [-0.2, 0) is 16.1 Å². The van der Waals surface area contributed by atoms with Crippen molar-refractivity contribution in [2.75, 3.05) is 7.11 Å². The zero-order chi connectivity index (χ0) is 20.2. The molecule has 0 bridgehead atoms. The molecular formula is C20H28FN3O3. The smallest absolute Gasteiger partial charge is 0.328 e. The fraction of sp³-hybridized carbons (Fsp3) is 0.550. The van der Waals surface area contributed by atoms with Gasteiger partial charge in [0.15, 0.2) is 5.69 Å². The molecule has 2 rings (SSSR count). The van der Waals surface area contributed by atoms with E-state index in [1.165, 1.54) is 7.11 Å². The fourth-order valence-electron chi connectivity index (χ4n) is 2.88. The molecule has 0 radical (unpaired) electrons. The van der Waals surface area contributed by atoms with E-state index in [-0.39, 0.29) is 5.69 Å². The van der Waals surface area contributed by atoms with Crippen molar-refractivity contribution in [1.29, 1.82) is 0 Å². The zero-order valence-corrected chi connectivity index (χ0v) is 16.6. The number of carbonyl (C=O) groups excluding carboxylic acids is 2. The second-order valence-corrected chi connectivity index (χ2v) is 7.68. The van der Waals surface area contributed by atoms with Crippen molar-refractivity contribution in [1.82, 2.24) is 15.1 Å². The average Bonchev–Trinajstić information content (AvgIpc) is 3.01. The third kappa shape index (κ3) is 4.84. The number of esters is 1. The van der Waals surface area contributed by atoms with Crippen LogP contribution in [0.1, 0.15) is 51.0 Å². The lowest BCUT2D eigenvalue weighted by molar-refractivity contribution is -0.145. The van der Waals surface area contributed by atoms with Crippen LogP contribution in [0.15, 0.2) is 24.3 Å². The van der Waals surface area contributed by atoms with Gasteiger partial charge in [-0.25, -0.2) is 9.18 Å². The van der Waals surface area contributed by atoms with Crippen LogP contribution in [0.2, 0.25) is 0 Å². The maximum atomic E-state index is 13.6. The highest BCUT2D eigenvalue weighted by molar-refractivity contribution is 6.06. The number of rotatable bonds is 7. The highest BCUT2D eigenvalue weighted by Gasteiger charge is 2.34. The van der Waals surface area contributed by atoms with Gasteiger partial charge in [0.25, 0.3) is 5.91 Å². The second-order valence-electron chi connectivity index (χ2n) is 7.68. The number of nitrogens with one attached hydrogen (secondary N) is 1. The lowest BCUT2D eigenvalue weighted by atomic mass is 9.86. The molecule has 1 heterocycles. The molecule has 1 aromatic carbocycles. The number of hydrogen-bond acceptors (Lipinski definition) is 4. The summed E-state index contributed by atoms with van der Waals surface area (Å²) in [6, 6.07) is 6.50. The molecule has 2 aromatic rings. The van der Waals surface area contributed by atoms with Crippen LogP contribution in [0.3, 0.4) is 0 Å². The molecule has 1 amide bonds. The Bertz CT molecular complexity index is 810. The number of ether oxygens (including phenoxy) is 1. The van der Waals surface area contributed by atoms with Gasteiger partial charge in [-0.05, 0) is 24.3 Å². The van der Waals surface area contributed by atoms with Crippen molar-refractivity contribution in [3.8, 4) is 0 Å². The summed E-state index contributed by atoms with van der Waals surface area (Å²) in [6.07, 6.45) is -0.135. The number of benzene rings is 1. The topological polar surface area (TPSA) is 73.2 Å². The highest BCUT2D eigenvalue weighted by Crippen LogP contribution is 2.23. The molecular weight excluding hydrogens is 349 g/mol. The van der Waals surface area contributed by atoms with Crippen molar-refractivity contribution in [3.63, 3.8) is 0 Å². The van der Waals surface area contributed by atoms with Gasteiger partial charge in [-0.3, -0.25) is 9.48 Å². The summed E-state index contributed by atoms with van der Waals surface area (Å²) in [5.41, 5.74) is 0.455.